The van der Waals surface area contributed by atoms with E-state index in [0.717, 1.165) is 44.7 Å². The molecule has 2 heterocycles. The van der Waals surface area contributed by atoms with Gasteiger partial charge in [0, 0.05) is 55.4 Å². The zero-order valence-electron chi connectivity index (χ0n) is 17.7. The number of carbonyl (C=O) groups is 1. The van der Waals surface area contributed by atoms with Gasteiger partial charge in [0.05, 0.1) is 0 Å². The van der Waals surface area contributed by atoms with Crippen molar-refractivity contribution in [3.05, 3.63) is 71.4 Å². The van der Waals surface area contributed by atoms with Crippen LogP contribution in [0.25, 0.3) is 10.9 Å². The normalized spacial score (nSPS) is 15.8. The van der Waals surface area contributed by atoms with Gasteiger partial charge in [0.1, 0.15) is 0 Å². The van der Waals surface area contributed by atoms with Gasteiger partial charge in [0.2, 0.25) is 0 Å². The molecule has 0 spiro atoms. The van der Waals surface area contributed by atoms with Gasteiger partial charge in [0.25, 0.3) is 5.91 Å². The molecule has 29 heavy (non-hydrogen) atoms. The summed E-state index contributed by atoms with van der Waals surface area (Å²) >= 11 is 0. The molecule has 4 rings (SSSR count). The van der Waals surface area contributed by atoms with E-state index in [4.69, 9.17) is 0 Å². The maximum Gasteiger partial charge on any atom is 0.253 e. The van der Waals surface area contributed by atoms with Crippen LogP contribution in [0, 0.1) is 0 Å². The molecule has 0 unspecified atom stereocenters. The van der Waals surface area contributed by atoms with Crippen LogP contribution in [-0.4, -0.2) is 53.4 Å². The van der Waals surface area contributed by atoms with Crippen LogP contribution in [0.4, 0.5) is 0 Å². The van der Waals surface area contributed by atoms with Gasteiger partial charge in [-0.05, 0) is 41.2 Å². The van der Waals surface area contributed by atoms with Crippen LogP contribution in [0.3, 0.4) is 0 Å². The quantitative estimate of drug-likeness (QED) is 0.715. The highest BCUT2D eigenvalue weighted by Gasteiger charge is 2.22. The highest BCUT2D eigenvalue weighted by atomic mass is 16.2. The Kier molecular flexibility index (Phi) is 5.46. The highest BCUT2D eigenvalue weighted by molar-refractivity contribution is 5.94. The lowest BCUT2D eigenvalue weighted by Gasteiger charge is -2.34. The molecule has 1 saturated heterocycles. The number of benzene rings is 2. The lowest BCUT2D eigenvalue weighted by Crippen LogP contribution is -2.49. The van der Waals surface area contributed by atoms with Crippen molar-refractivity contribution in [1.29, 1.82) is 0 Å². The molecule has 0 atom stereocenters. The Morgan fingerprint density at radius 1 is 0.966 bits per heavy atom. The van der Waals surface area contributed by atoms with Gasteiger partial charge in [-0.25, -0.2) is 0 Å². The van der Waals surface area contributed by atoms with E-state index >= 15 is 0 Å². The molecule has 1 fully saturated rings. The number of aromatic amines is 1. The maximum absolute atomic E-state index is 12.9. The lowest BCUT2D eigenvalue weighted by molar-refractivity contribution is 0.0638. The molecular formula is C25H31N3O. The summed E-state index contributed by atoms with van der Waals surface area (Å²) in [4.78, 5) is 20.7. The minimum Gasteiger partial charge on any atom is -0.361 e. The number of nitrogens with one attached hydrogen (secondary N) is 1. The van der Waals surface area contributed by atoms with Crippen LogP contribution in [0.15, 0.2) is 54.7 Å². The molecule has 1 aromatic heterocycles. The molecule has 0 saturated carbocycles. The maximum atomic E-state index is 12.9. The molecule has 3 aromatic rings. The Labute approximate surface area is 173 Å². The molecule has 4 nitrogen and oxygen atoms in total. The van der Waals surface area contributed by atoms with Gasteiger partial charge in [-0.15, -0.1) is 0 Å². The van der Waals surface area contributed by atoms with Crippen LogP contribution < -0.4 is 0 Å². The summed E-state index contributed by atoms with van der Waals surface area (Å²) in [5, 5.41) is 1.32. The van der Waals surface area contributed by atoms with Crippen molar-refractivity contribution < 1.29 is 4.79 Å². The van der Waals surface area contributed by atoms with Crippen molar-refractivity contribution in [3.8, 4) is 0 Å². The lowest BCUT2D eigenvalue weighted by atomic mass is 9.86. The molecular weight excluding hydrogens is 358 g/mol. The third kappa shape index (κ3) is 4.38. The van der Waals surface area contributed by atoms with E-state index in [1.165, 1.54) is 22.0 Å². The molecule has 152 valence electrons. The molecule has 0 bridgehead atoms. The second kappa shape index (κ2) is 8.03. The molecule has 1 N–H and O–H groups in total. The minimum absolute atomic E-state index is 0.109. The fourth-order valence-electron chi connectivity index (χ4n) is 4.09. The monoisotopic (exact) mass is 389 g/mol. The Hall–Kier alpha value is -2.59. The summed E-state index contributed by atoms with van der Waals surface area (Å²) in [5.41, 5.74) is 4.74. The molecule has 4 heteroatoms. The van der Waals surface area contributed by atoms with Crippen molar-refractivity contribution in [2.75, 3.05) is 32.7 Å². The van der Waals surface area contributed by atoms with E-state index in [1.54, 1.807) is 0 Å². The average molecular weight is 390 g/mol. The van der Waals surface area contributed by atoms with Gasteiger partial charge in [0.15, 0.2) is 0 Å². The van der Waals surface area contributed by atoms with Gasteiger partial charge in [-0.3, -0.25) is 9.69 Å². The van der Waals surface area contributed by atoms with E-state index in [-0.39, 0.29) is 11.3 Å². The molecule has 1 amide bonds. The Bertz CT molecular complexity index is 973. The van der Waals surface area contributed by atoms with Crippen LogP contribution >= 0.6 is 0 Å². The number of hydrogen-bond donors (Lipinski definition) is 1. The van der Waals surface area contributed by atoms with Crippen molar-refractivity contribution >= 4 is 16.8 Å². The molecule has 1 aliphatic rings. The smallest absolute Gasteiger partial charge is 0.253 e. The number of aromatic nitrogens is 1. The summed E-state index contributed by atoms with van der Waals surface area (Å²) in [6.45, 7) is 11.1. The fraction of sp³-hybridized carbons (Fsp3) is 0.400. The third-order valence-corrected chi connectivity index (χ3v) is 6.03. The standard InChI is InChI=1S/C25H31N3O/c1-25(2,3)21-10-8-19(9-11-21)24(29)28-16-14-27(15-17-28)13-12-20-18-26-23-7-5-4-6-22(20)23/h4-11,18,26H,12-17H2,1-3H3. The second-order valence-corrected chi connectivity index (χ2v) is 9.07. The number of piperazine rings is 1. The van der Waals surface area contributed by atoms with Crippen LogP contribution in [0.5, 0.6) is 0 Å². The predicted molar refractivity (Wildman–Crippen MR) is 119 cm³/mol. The number of carbonyl (C=O) groups excluding carboxylic acids is 1. The number of rotatable bonds is 4. The first-order valence-corrected chi connectivity index (χ1v) is 10.6. The predicted octanol–water partition coefficient (Wildman–Crippen LogP) is 4.47. The molecule has 1 aliphatic heterocycles. The second-order valence-electron chi connectivity index (χ2n) is 9.07. The molecule has 0 radical (unpaired) electrons. The first-order chi connectivity index (χ1) is 13.9. The van der Waals surface area contributed by atoms with Crippen LogP contribution in [0.1, 0.15) is 42.3 Å². The largest absolute Gasteiger partial charge is 0.361 e. The average Bonchev–Trinajstić information content (AvgIpc) is 3.15. The van der Waals surface area contributed by atoms with Crippen molar-refractivity contribution in [1.82, 2.24) is 14.8 Å². The summed E-state index contributed by atoms with van der Waals surface area (Å²) in [6, 6.07) is 16.6. The Balaban J connectivity index is 1.30. The summed E-state index contributed by atoms with van der Waals surface area (Å²) in [5.74, 6) is 0.154. The summed E-state index contributed by atoms with van der Waals surface area (Å²) in [7, 11) is 0. The Morgan fingerprint density at radius 2 is 1.66 bits per heavy atom. The summed E-state index contributed by atoms with van der Waals surface area (Å²) in [6.07, 6.45) is 3.16. The number of fused-ring (bicyclic) bond motifs is 1. The molecule has 2 aromatic carbocycles. The number of nitrogens with zero attached hydrogens (tertiary/aromatic N) is 2. The van der Waals surface area contributed by atoms with Gasteiger partial charge in [-0.2, -0.15) is 0 Å². The molecule has 0 aliphatic carbocycles. The van der Waals surface area contributed by atoms with Gasteiger partial charge >= 0.3 is 0 Å². The van der Waals surface area contributed by atoms with Crippen molar-refractivity contribution in [2.45, 2.75) is 32.6 Å². The van der Waals surface area contributed by atoms with E-state index in [1.807, 2.05) is 17.0 Å². The van der Waals surface area contributed by atoms with E-state index in [2.05, 4.69) is 73.3 Å². The third-order valence-electron chi connectivity index (χ3n) is 6.03. The van der Waals surface area contributed by atoms with E-state index in [9.17, 15) is 4.79 Å². The topological polar surface area (TPSA) is 39.3 Å². The van der Waals surface area contributed by atoms with Gasteiger partial charge < -0.3 is 9.88 Å². The number of para-hydroxylation sites is 1. The SMILES string of the molecule is CC(C)(C)c1ccc(C(=O)N2CCN(CCc3c[nH]c4ccccc34)CC2)cc1. The number of amides is 1. The van der Waals surface area contributed by atoms with Crippen molar-refractivity contribution in [2.24, 2.45) is 0 Å². The minimum atomic E-state index is 0.109. The van der Waals surface area contributed by atoms with Crippen LogP contribution in [0.2, 0.25) is 0 Å². The highest BCUT2D eigenvalue weighted by Crippen LogP contribution is 2.23. The number of hydrogen-bond acceptors (Lipinski definition) is 2. The van der Waals surface area contributed by atoms with E-state index < -0.39 is 0 Å². The van der Waals surface area contributed by atoms with Gasteiger partial charge in [-0.1, -0.05) is 51.1 Å². The van der Waals surface area contributed by atoms with Crippen molar-refractivity contribution in [3.63, 3.8) is 0 Å². The zero-order valence-corrected chi connectivity index (χ0v) is 17.7. The van der Waals surface area contributed by atoms with Crippen LogP contribution in [-0.2, 0) is 11.8 Å². The first kappa shape index (κ1) is 19.7. The zero-order chi connectivity index (χ0) is 20.4. The Morgan fingerprint density at radius 3 is 2.34 bits per heavy atom. The fourth-order valence-corrected chi connectivity index (χ4v) is 4.09. The van der Waals surface area contributed by atoms with E-state index in [0.29, 0.717) is 0 Å². The number of H-pyrrole nitrogens is 1. The first-order valence-electron chi connectivity index (χ1n) is 10.6. The summed E-state index contributed by atoms with van der Waals surface area (Å²) < 4.78 is 0.